The number of carbonyl (C=O) groups excluding carboxylic acids is 1. The number of thiazole rings is 1. The number of rotatable bonds is 2. The highest BCUT2D eigenvalue weighted by molar-refractivity contribution is 7.07. The Hall–Kier alpha value is -3.19. The average Bonchev–Trinajstić information content (AvgIpc) is 3.06. The Labute approximate surface area is 178 Å². The Morgan fingerprint density at radius 2 is 2.00 bits per heavy atom. The molecule has 0 radical (unpaired) electrons. The molecule has 3 aromatic rings. The fourth-order valence-electron chi connectivity index (χ4n) is 3.98. The minimum atomic E-state index is -0.141. The van der Waals surface area contributed by atoms with Crippen molar-refractivity contribution in [2.75, 3.05) is 19.0 Å². The predicted molar refractivity (Wildman–Crippen MR) is 119 cm³/mol. The molecule has 0 atom stereocenters. The number of anilines is 1. The lowest BCUT2D eigenvalue weighted by atomic mass is 10.0. The largest absolute Gasteiger partial charge is 0.482 e. The highest BCUT2D eigenvalue weighted by Crippen LogP contribution is 2.33. The molecule has 0 saturated carbocycles. The second kappa shape index (κ2) is 7.91. The van der Waals surface area contributed by atoms with Gasteiger partial charge in [0.15, 0.2) is 6.61 Å². The predicted octanol–water partition coefficient (Wildman–Crippen LogP) is 4.06. The molecule has 1 amide bonds. The summed E-state index contributed by atoms with van der Waals surface area (Å²) in [4.78, 5) is 17.0. The lowest BCUT2D eigenvalue weighted by Crippen LogP contribution is -2.25. The van der Waals surface area contributed by atoms with Crippen LogP contribution in [0.4, 0.5) is 5.69 Å². The third-order valence-electron chi connectivity index (χ3n) is 5.44. The molecule has 0 spiro atoms. The molecule has 1 aromatic heterocycles. The first-order valence-corrected chi connectivity index (χ1v) is 11.0. The minimum absolute atomic E-state index is 0.0523. The molecule has 1 N–H and O–H groups in total. The maximum atomic E-state index is 11.7. The molecule has 1 aliphatic heterocycles. The smallest absolute Gasteiger partial charge is 0.262 e. The van der Waals surface area contributed by atoms with Crippen LogP contribution in [0.25, 0.3) is 11.3 Å². The number of ether oxygens (including phenoxy) is 1. The van der Waals surface area contributed by atoms with Gasteiger partial charge in [0.05, 0.1) is 17.1 Å². The van der Waals surface area contributed by atoms with Crippen LogP contribution in [0.2, 0.25) is 0 Å². The first-order valence-electron chi connectivity index (χ1n) is 10.1. The van der Waals surface area contributed by atoms with Crippen molar-refractivity contribution >= 4 is 28.6 Å². The number of aryl methyl sites for hydroxylation is 1. The summed E-state index contributed by atoms with van der Waals surface area (Å²) in [5.74, 6) is 0.543. The number of carbonyl (C=O) groups is 1. The number of benzene rings is 2. The number of aromatic nitrogens is 1. The van der Waals surface area contributed by atoms with E-state index in [9.17, 15) is 4.79 Å². The monoisotopic (exact) mass is 418 g/mol. The number of hydrogen-bond acceptors (Lipinski definition) is 5. The van der Waals surface area contributed by atoms with Crippen molar-refractivity contribution in [2.24, 2.45) is 10.1 Å². The van der Waals surface area contributed by atoms with E-state index in [1.54, 1.807) is 18.4 Å². The van der Waals surface area contributed by atoms with Crippen LogP contribution in [-0.4, -0.2) is 29.9 Å². The molecular formula is C23H22N4O2S. The van der Waals surface area contributed by atoms with Gasteiger partial charge < -0.3 is 10.1 Å². The van der Waals surface area contributed by atoms with Gasteiger partial charge in [-0.3, -0.25) is 9.79 Å². The molecule has 2 heterocycles. The first kappa shape index (κ1) is 18.8. The summed E-state index contributed by atoms with van der Waals surface area (Å²) in [6.07, 6.45) is 4.32. The van der Waals surface area contributed by atoms with Crippen LogP contribution in [0.1, 0.15) is 30.4 Å². The summed E-state index contributed by atoms with van der Waals surface area (Å²) in [6, 6.07) is 14.4. The molecule has 1 aliphatic carbocycles. The molecular weight excluding hydrogens is 396 g/mol. The molecule has 5 rings (SSSR count). The molecule has 0 saturated heterocycles. The van der Waals surface area contributed by atoms with Crippen molar-refractivity contribution in [1.29, 1.82) is 0 Å². The van der Waals surface area contributed by atoms with Crippen LogP contribution < -0.4 is 14.9 Å². The van der Waals surface area contributed by atoms with Gasteiger partial charge in [0, 0.05) is 23.6 Å². The second-order valence-corrected chi connectivity index (χ2v) is 8.23. The van der Waals surface area contributed by atoms with Crippen molar-refractivity contribution in [3.63, 3.8) is 0 Å². The molecule has 2 aliphatic rings. The number of amides is 1. The topological polar surface area (TPSA) is 68.0 Å². The van der Waals surface area contributed by atoms with Gasteiger partial charge in [0.1, 0.15) is 5.75 Å². The lowest BCUT2D eigenvalue weighted by molar-refractivity contribution is -0.118. The van der Waals surface area contributed by atoms with Gasteiger partial charge >= 0.3 is 0 Å². The van der Waals surface area contributed by atoms with Gasteiger partial charge in [-0.2, -0.15) is 5.10 Å². The molecule has 0 bridgehead atoms. The minimum Gasteiger partial charge on any atom is -0.482 e. The maximum Gasteiger partial charge on any atom is 0.262 e. The molecule has 7 heteroatoms. The van der Waals surface area contributed by atoms with Gasteiger partial charge in [0.25, 0.3) is 5.91 Å². The molecule has 0 unspecified atom stereocenters. The van der Waals surface area contributed by atoms with E-state index in [4.69, 9.17) is 9.84 Å². The normalized spacial score (nSPS) is 17.7. The van der Waals surface area contributed by atoms with E-state index in [2.05, 4.69) is 40.0 Å². The van der Waals surface area contributed by atoms with Crippen LogP contribution in [0.15, 0.2) is 57.9 Å². The zero-order valence-electron chi connectivity index (χ0n) is 16.7. The number of nitrogens with one attached hydrogen (secondary N) is 1. The Morgan fingerprint density at radius 3 is 2.90 bits per heavy atom. The number of nitrogens with zero attached hydrogens (tertiary/aromatic N) is 3. The second-order valence-electron chi connectivity index (χ2n) is 7.40. The fourth-order valence-corrected chi connectivity index (χ4v) is 4.77. The Bertz CT molecular complexity index is 1220. The van der Waals surface area contributed by atoms with Crippen molar-refractivity contribution < 1.29 is 9.53 Å². The first-order chi connectivity index (χ1) is 14.7. The SMILES string of the molecule is CN=c1scc(-c2ccc3c(c2)NC(=O)CO3)n1N=C1CCCCc2ccccc21. The van der Waals surface area contributed by atoms with E-state index in [1.165, 1.54) is 17.5 Å². The van der Waals surface area contributed by atoms with E-state index in [1.807, 2.05) is 22.9 Å². The van der Waals surface area contributed by atoms with Crippen LogP contribution >= 0.6 is 11.3 Å². The summed E-state index contributed by atoms with van der Waals surface area (Å²) >= 11 is 1.55. The highest BCUT2D eigenvalue weighted by atomic mass is 32.1. The van der Waals surface area contributed by atoms with Crippen molar-refractivity contribution in [2.45, 2.75) is 25.7 Å². The van der Waals surface area contributed by atoms with Gasteiger partial charge in [-0.25, -0.2) is 4.68 Å². The summed E-state index contributed by atoms with van der Waals surface area (Å²) in [6.45, 7) is 0.0523. The van der Waals surface area contributed by atoms with E-state index in [0.29, 0.717) is 11.4 Å². The molecule has 152 valence electrons. The molecule has 30 heavy (non-hydrogen) atoms. The van der Waals surface area contributed by atoms with Gasteiger partial charge in [-0.1, -0.05) is 24.3 Å². The number of hydrogen-bond donors (Lipinski definition) is 1. The molecule has 2 aromatic carbocycles. The average molecular weight is 419 g/mol. The van der Waals surface area contributed by atoms with Crippen LogP contribution in [0, 0.1) is 0 Å². The Kier molecular flexibility index (Phi) is 4.96. The number of fused-ring (bicyclic) bond motifs is 2. The standard InChI is InChI=1S/C23H22N4O2S/c1-24-23-27(26-18-9-5-3-7-15-6-2-4-8-17(15)18)20(14-30-23)16-10-11-21-19(12-16)25-22(28)13-29-21/h2,4,6,8,10-12,14H,3,5,7,9,13H2,1H3,(H,25,28). The van der Waals surface area contributed by atoms with E-state index in [-0.39, 0.29) is 12.5 Å². The Balaban J connectivity index is 1.63. The molecule has 6 nitrogen and oxygen atoms in total. The summed E-state index contributed by atoms with van der Waals surface area (Å²) in [5, 5.41) is 10.0. The zero-order valence-corrected chi connectivity index (χ0v) is 17.5. The summed E-state index contributed by atoms with van der Waals surface area (Å²) in [7, 11) is 1.79. The quantitative estimate of drug-likeness (QED) is 0.638. The highest BCUT2D eigenvalue weighted by Gasteiger charge is 2.19. The third kappa shape index (κ3) is 3.45. The van der Waals surface area contributed by atoms with E-state index < -0.39 is 0 Å². The van der Waals surface area contributed by atoms with Gasteiger partial charge in [-0.05, 0) is 49.4 Å². The van der Waals surface area contributed by atoms with Crippen LogP contribution in [0.3, 0.4) is 0 Å². The molecule has 0 fully saturated rings. The zero-order chi connectivity index (χ0) is 20.5. The Morgan fingerprint density at radius 1 is 1.13 bits per heavy atom. The van der Waals surface area contributed by atoms with Gasteiger partial charge in [-0.15, -0.1) is 11.3 Å². The van der Waals surface area contributed by atoms with E-state index >= 15 is 0 Å². The van der Waals surface area contributed by atoms with E-state index in [0.717, 1.165) is 41.0 Å². The van der Waals surface area contributed by atoms with Gasteiger partial charge in [0.2, 0.25) is 4.80 Å². The fraction of sp³-hybridized carbons (Fsp3) is 0.261. The summed E-state index contributed by atoms with van der Waals surface area (Å²) in [5.41, 5.74) is 6.26. The lowest BCUT2D eigenvalue weighted by Gasteiger charge is -2.18. The summed E-state index contributed by atoms with van der Waals surface area (Å²) < 4.78 is 7.42. The van der Waals surface area contributed by atoms with Crippen molar-refractivity contribution in [3.05, 3.63) is 63.8 Å². The van der Waals surface area contributed by atoms with Crippen molar-refractivity contribution in [3.8, 4) is 17.0 Å². The third-order valence-corrected chi connectivity index (χ3v) is 6.35. The van der Waals surface area contributed by atoms with Crippen LogP contribution in [-0.2, 0) is 11.2 Å². The van der Waals surface area contributed by atoms with Crippen molar-refractivity contribution in [1.82, 2.24) is 4.68 Å². The van der Waals surface area contributed by atoms with Crippen LogP contribution in [0.5, 0.6) is 5.75 Å². The maximum absolute atomic E-state index is 11.7.